The Hall–Kier alpha value is -3.55. The SMILES string of the molecule is Cc1cc(C)n(Cc2cccc(-c3noc(-c4cc(F)c(O)c(F)c4)n3)c2)n1. The van der Waals surface area contributed by atoms with Gasteiger partial charge in [0.15, 0.2) is 17.4 Å². The van der Waals surface area contributed by atoms with Crippen LogP contribution in [0.4, 0.5) is 8.78 Å². The molecule has 0 radical (unpaired) electrons. The van der Waals surface area contributed by atoms with E-state index in [0.717, 1.165) is 29.1 Å². The lowest BCUT2D eigenvalue weighted by molar-refractivity contribution is 0.395. The van der Waals surface area contributed by atoms with Crippen molar-refractivity contribution in [1.82, 2.24) is 19.9 Å². The van der Waals surface area contributed by atoms with Crippen molar-refractivity contribution in [1.29, 1.82) is 0 Å². The predicted molar refractivity (Wildman–Crippen MR) is 97.6 cm³/mol. The fraction of sp³-hybridized carbons (Fsp3) is 0.150. The summed E-state index contributed by atoms with van der Waals surface area (Å²) >= 11 is 0. The summed E-state index contributed by atoms with van der Waals surface area (Å²) in [6.07, 6.45) is 0. The van der Waals surface area contributed by atoms with Gasteiger partial charge in [-0.25, -0.2) is 8.78 Å². The Balaban J connectivity index is 1.63. The van der Waals surface area contributed by atoms with Crippen molar-refractivity contribution in [3.63, 3.8) is 0 Å². The van der Waals surface area contributed by atoms with Crippen molar-refractivity contribution >= 4 is 0 Å². The highest BCUT2D eigenvalue weighted by atomic mass is 19.1. The minimum absolute atomic E-state index is 0.0447. The van der Waals surface area contributed by atoms with Crippen LogP contribution in [0.25, 0.3) is 22.8 Å². The Morgan fingerprint density at radius 2 is 1.79 bits per heavy atom. The van der Waals surface area contributed by atoms with Crippen LogP contribution in [0.3, 0.4) is 0 Å². The third kappa shape index (κ3) is 3.36. The van der Waals surface area contributed by atoms with E-state index in [0.29, 0.717) is 17.9 Å². The van der Waals surface area contributed by atoms with Crippen molar-refractivity contribution in [3.8, 4) is 28.6 Å². The standard InChI is InChI=1S/C20H16F2N4O2/c1-11-6-12(2)26(24-11)10-13-4-3-5-14(7-13)19-23-20(28-25-19)15-8-16(21)18(27)17(22)9-15/h3-9,27H,10H2,1-2H3. The fourth-order valence-electron chi connectivity index (χ4n) is 2.96. The monoisotopic (exact) mass is 382 g/mol. The van der Waals surface area contributed by atoms with Gasteiger partial charge in [-0.05, 0) is 43.7 Å². The molecule has 2 heterocycles. The predicted octanol–water partition coefficient (Wildman–Crippen LogP) is 4.25. The van der Waals surface area contributed by atoms with Gasteiger partial charge in [-0.2, -0.15) is 10.1 Å². The molecule has 142 valence electrons. The van der Waals surface area contributed by atoms with Gasteiger partial charge in [0, 0.05) is 16.8 Å². The number of phenols is 1. The number of halogens is 2. The number of aromatic nitrogens is 4. The summed E-state index contributed by atoms with van der Waals surface area (Å²) in [6, 6.07) is 11.4. The van der Waals surface area contributed by atoms with Crippen LogP contribution in [-0.2, 0) is 6.54 Å². The lowest BCUT2D eigenvalue weighted by atomic mass is 10.1. The van der Waals surface area contributed by atoms with E-state index >= 15 is 0 Å². The highest BCUT2D eigenvalue weighted by Crippen LogP contribution is 2.28. The molecule has 28 heavy (non-hydrogen) atoms. The summed E-state index contributed by atoms with van der Waals surface area (Å²) < 4.78 is 34.2. The first-order chi connectivity index (χ1) is 13.4. The smallest absolute Gasteiger partial charge is 0.258 e. The molecule has 0 aliphatic heterocycles. The van der Waals surface area contributed by atoms with Gasteiger partial charge in [0.1, 0.15) is 0 Å². The molecule has 8 heteroatoms. The van der Waals surface area contributed by atoms with Gasteiger partial charge >= 0.3 is 0 Å². The molecule has 0 fully saturated rings. The first-order valence-electron chi connectivity index (χ1n) is 8.53. The zero-order valence-corrected chi connectivity index (χ0v) is 15.1. The number of phenolic OH excluding ortho intramolecular Hbond substituents is 1. The summed E-state index contributed by atoms with van der Waals surface area (Å²) in [5, 5.41) is 17.6. The number of hydrogen-bond acceptors (Lipinski definition) is 5. The van der Waals surface area contributed by atoms with Crippen LogP contribution in [0.15, 0.2) is 47.0 Å². The van der Waals surface area contributed by atoms with Gasteiger partial charge < -0.3 is 9.63 Å². The maximum absolute atomic E-state index is 13.6. The molecule has 2 aromatic heterocycles. The molecule has 0 unspecified atom stereocenters. The molecule has 2 aromatic carbocycles. The van der Waals surface area contributed by atoms with Gasteiger partial charge in [0.2, 0.25) is 5.82 Å². The number of aryl methyl sites for hydroxylation is 2. The van der Waals surface area contributed by atoms with Gasteiger partial charge in [-0.3, -0.25) is 4.68 Å². The van der Waals surface area contributed by atoms with E-state index in [1.165, 1.54) is 0 Å². The van der Waals surface area contributed by atoms with Crippen molar-refractivity contribution in [2.24, 2.45) is 0 Å². The summed E-state index contributed by atoms with van der Waals surface area (Å²) in [5.41, 5.74) is 3.75. The average molecular weight is 382 g/mol. The lowest BCUT2D eigenvalue weighted by Crippen LogP contribution is -2.04. The third-order valence-electron chi connectivity index (χ3n) is 4.31. The highest BCUT2D eigenvalue weighted by Gasteiger charge is 2.16. The minimum Gasteiger partial charge on any atom is -0.503 e. The van der Waals surface area contributed by atoms with Gasteiger partial charge in [-0.1, -0.05) is 23.4 Å². The van der Waals surface area contributed by atoms with Crippen LogP contribution in [0.2, 0.25) is 0 Å². The summed E-state index contributed by atoms with van der Waals surface area (Å²) in [5.74, 6) is -2.99. The van der Waals surface area contributed by atoms with Crippen molar-refractivity contribution in [2.75, 3.05) is 0 Å². The number of rotatable bonds is 4. The van der Waals surface area contributed by atoms with E-state index in [4.69, 9.17) is 4.52 Å². The summed E-state index contributed by atoms with van der Waals surface area (Å²) in [6.45, 7) is 4.52. The fourth-order valence-corrected chi connectivity index (χ4v) is 2.96. The molecule has 1 N–H and O–H groups in total. The van der Waals surface area contributed by atoms with Crippen LogP contribution < -0.4 is 0 Å². The van der Waals surface area contributed by atoms with E-state index in [-0.39, 0.29) is 11.5 Å². The van der Waals surface area contributed by atoms with E-state index in [1.54, 1.807) is 0 Å². The molecular formula is C20H16F2N4O2. The second kappa shape index (κ2) is 6.88. The molecule has 4 rings (SSSR count). The van der Waals surface area contributed by atoms with Gasteiger partial charge in [0.25, 0.3) is 5.89 Å². The second-order valence-electron chi connectivity index (χ2n) is 6.50. The van der Waals surface area contributed by atoms with E-state index in [9.17, 15) is 13.9 Å². The quantitative estimate of drug-likeness (QED) is 0.571. The molecule has 0 bridgehead atoms. The van der Waals surface area contributed by atoms with E-state index < -0.39 is 17.4 Å². The van der Waals surface area contributed by atoms with Crippen LogP contribution in [0.1, 0.15) is 17.0 Å². The van der Waals surface area contributed by atoms with Crippen molar-refractivity contribution in [2.45, 2.75) is 20.4 Å². The Labute approximate surface area is 159 Å². The van der Waals surface area contributed by atoms with Crippen LogP contribution in [-0.4, -0.2) is 25.0 Å². The number of hydrogen-bond donors (Lipinski definition) is 1. The molecule has 0 atom stereocenters. The Kier molecular flexibility index (Phi) is 4.38. The Bertz CT molecular complexity index is 1140. The third-order valence-corrected chi connectivity index (χ3v) is 4.31. The first kappa shape index (κ1) is 17.8. The first-order valence-corrected chi connectivity index (χ1v) is 8.53. The van der Waals surface area contributed by atoms with Crippen LogP contribution in [0, 0.1) is 25.5 Å². The number of aromatic hydroxyl groups is 1. The van der Waals surface area contributed by atoms with Crippen LogP contribution in [0.5, 0.6) is 5.75 Å². The molecule has 0 aliphatic carbocycles. The largest absolute Gasteiger partial charge is 0.503 e. The van der Waals surface area contributed by atoms with Gasteiger partial charge in [-0.15, -0.1) is 0 Å². The molecular weight excluding hydrogens is 366 g/mol. The Morgan fingerprint density at radius 3 is 2.46 bits per heavy atom. The average Bonchev–Trinajstić information content (AvgIpc) is 3.26. The maximum Gasteiger partial charge on any atom is 0.258 e. The molecule has 0 amide bonds. The number of nitrogens with zero attached hydrogens (tertiary/aromatic N) is 4. The molecule has 0 aliphatic rings. The maximum atomic E-state index is 13.6. The summed E-state index contributed by atoms with van der Waals surface area (Å²) in [7, 11) is 0. The van der Waals surface area contributed by atoms with Crippen molar-refractivity contribution < 1.29 is 18.4 Å². The van der Waals surface area contributed by atoms with Crippen LogP contribution >= 0.6 is 0 Å². The number of benzene rings is 2. The van der Waals surface area contributed by atoms with Gasteiger partial charge in [0.05, 0.1) is 12.2 Å². The zero-order valence-electron chi connectivity index (χ0n) is 15.1. The molecule has 0 saturated carbocycles. The molecule has 6 nitrogen and oxygen atoms in total. The normalized spacial score (nSPS) is 11.1. The second-order valence-corrected chi connectivity index (χ2v) is 6.50. The topological polar surface area (TPSA) is 77.0 Å². The zero-order chi connectivity index (χ0) is 19.8. The Morgan fingerprint density at radius 1 is 1.04 bits per heavy atom. The van der Waals surface area contributed by atoms with Crippen molar-refractivity contribution in [3.05, 3.63) is 71.1 Å². The summed E-state index contributed by atoms with van der Waals surface area (Å²) in [4.78, 5) is 4.22. The lowest BCUT2D eigenvalue weighted by Gasteiger charge is -2.05. The van der Waals surface area contributed by atoms with E-state index in [2.05, 4.69) is 15.2 Å². The minimum atomic E-state index is -1.10. The van der Waals surface area contributed by atoms with E-state index in [1.807, 2.05) is 48.9 Å². The highest BCUT2D eigenvalue weighted by molar-refractivity contribution is 5.61. The molecule has 0 saturated heterocycles. The molecule has 0 spiro atoms. The molecule has 4 aromatic rings.